The van der Waals surface area contributed by atoms with Crippen LogP contribution in [0, 0.1) is 0 Å². The van der Waals surface area contributed by atoms with Crippen LogP contribution in [-0.2, 0) is 6.42 Å². The van der Waals surface area contributed by atoms with Gasteiger partial charge in [0, 0.05) is 6.61 Å². The summed E-state index contributed by atoms with van der Waals surface area (Å²) in [5.41, 5.74) is 1.22. The lowest BCUT2D eigenvalue weighted by atomic mass is 10.1. The molecule has 0 unspecified atom stereocenters. The summed E-state index contributed by atoms with van der Waals surface area (Å²) in [7, 11) is 0. The molecule has 0 bridgehead atoms. The zero-order valence-corrected chi connectivity index (χ0v) is 11.4. The lowest BCUT2D eigenvalue weighted by Gasteiger charge is -2.26. The van der Waals surface area contributed by atoms with Crippen LogP contribution in [0.4, 0.5) is 0 Å². The Morgan fingerprint density at radius 1 is 1.17 bits per heavy atom. The number of hydrogen-bond acceptors (Lipinski definition) is 5. The topological polar surface area (TPSA) is 38.7 Å². The van der Waals surface area contributed by atoms with E-state index in [0.29, 0.717) is 6.79 Å². The van der Waals surface area contributed by atoms with Gasteiger partial charge in [0.15, 0.2) is 11.5 Å². The summed E-state index contributed by atoms with van der Waals surface area (Å²) in [6.07, 6.45) is 1.69. The zero-order valence-electron chi connectivity index (χ0n) is 9.80. The highest BCUT2D eigenvalue weighted by Gasteiger charge is 2.33. The lowest BCUT2D eigenvalue weighted by molar-refractivity contribution is 0.174. The molecule has 18 heavy (non-hydrogen) atoms. The van der Waals surface area contributed by atoms with Gasteiger partial charge in [0.2, 0.25) is 6.79 Å². The van der Waals surface area contributed by atoms with E-state index in [0.717, 1.165) is 24.3 Å². The van der Waals surface area contributed by atoms with E-state index in [1.54, 1.807) is 23.5 Å². The van der Waals surface area contributed by atoms with E-state index in [2.05, 4.69) is 16.9 Å². The molecule has 0 aliphatic carbocycles. The molecule has 2 aliphatic rings. The van der Waals surface area contributed by atoms with E-state index in [9.17, 15) is 5.11 Å². The van der Waals surface area contributed by atoms with Crippen LogP contribution in [0.3, 0.4) is 0 Å². The van der Waals surface area contributed by atoms with Crippen LogP contribution in [0.15, 0.2) is 29.0 Å². The molecule has 0 amide bonds. The molecule has 0 radical (unpaired) electrons. The number of aliphatic hydroxyl groups excluding tert-OH is 1. The first kappa shape index (κ1) is 12.3. The van der Waals surface area contributed by atoms with Crippen LogP contribution >= 0.6 is 23.5 Å². The smallest absolute Gasteiger partial charge is 0.231 e. The summed E-state index contributed by atoms with van der Waals surface area (Å²) in [4.78, 5) is 0. The number of aliphatic hydroxyl groups is 1. The van der Waals surface area contributed by atoms with E-state index in [1.165, 1.54) is 5.56 Å². The fourth-order valence-corrected chi connectivity index (χ4v) is 4.57. The molecular formula is C13H14O3S2. The molecule has 3 nitrogen and oxygen atoms in total. The van der Waals surface area contributed by atoms with Crippen LogP contribution in [0.5, 0.6) is 11.5 Å². The van der Waals surface area contributed by atoms with Crippen LogP contribution in [0.1, 0.15) is 12.0 Å². The Morgan fingerprint density at radius 3 is 2.72 bits per heavy atom. The summed E-state index contributed by atoms with van der Waals surface area (Å²) >= 11 is 3.59. The van der Waals surface area contributed by atoms with Gasteiger partial charge in [-0.1, -0.05) is 6.07 Å². The van der Waals surface area contributed by atoms with Crippen molar-refractivity contribution in [3.05, 3.63) is 34.6 Å². The minimum absolute atomic E-state index is 0.0302. The van der Waals surface area contributed by atoms with Crippen LogP contribution in [0.2, 0.25) is 0 Å². The first-order valence-corrected chi connectivity index (χ1v) is 7.57. The number of ether oxygens (including phenoxy) is 2. The van der Waals surface area contributed by atoms with Gasteiger partial charge in [-0.2, -0.15) is 0 Å². The van der Waals surface area contributed by atoms with Gasteiger partial charge in [-0.15, -0.1) is 23.5 Å². The van der Waals surface area contributed by atoms with Gasteiger partial charge in [-0.05, 0) is 41.4 Å². The van der Waals surface area contributed by atoms with Gasteiger partial charge >= 0.3 is 0 Å². The number of rotatable bonds is 4. The third-order valence-electron chi connectivity index (χ3n) is 3.02. The summed E-state index contributed by atoms with van der Waals surface area (Å²) in [5.74, 6) is 1.65. The Kier molecular flexibility index (Phi) is 3.46. The van der Waals surface area contributed by atoms with E-state index >= 15 is 0 Å². The first-order valence-electron chi connectivity index (χ1n) is 5.81. The van der Waals surface area contributed by atoms with Crippen molar-refractivity contribution in [3.63, 3.8) is 0 Å². The molecule has 0 aromatic heterocycles. The largest absolute Gasteiger partial charge is 0.454 e. The highest BCUT2D eigenvalue weighted by Crippen LogP contribution is 2.49. The van der Waals surface area contributed by atoms with Crippen molar-refractivity contribution >= 4 is 23.5 Å². The van der Waals surface area contributed by atoms with E-state index < -0.39 is 0 Å². The molecule has 2 heterocycles. The molecule has 1 N–H and O–H groups in total. The Labute approximate surface area is 115 Å². The average molecular weight is 282 g/mol. The molecule has 1 aromatic rings. The maximum atomic E-state index is 9.23. The first-order chi connectivity index (χ1) is 8.81. The van der Waals surface area contributed by atoms with E-state index in [-0.39, 0.29) is 10.7 Å². The predicted octanol–water partition coefficient (Wildman–Crippen LogP) is 2.99. The normalized spacial score (nSPS) is 19.4. The van der Waals surface area contributed by atoms with Crippen molar-refractivity contribution < 1.29 is 14.6 Å². The Morgan fingerprint density at radius 2 is 1.94 bits per heavy atom. The molecule has 0 saturated heterocycles. The van der Waals surface area contributed by atoms with Gasteiger partial charge in [-0.3, -0.25) is 0 Å². The molecule has 0 atom stereocenters. The van der Waals surface area contributed by atoms with E-state index in [4.69, 9.17) is 9.47 Å². The summed E-state index contributed by atoms with van der Waals surface area (Å²) < 4.78 is 10.7. The van der Waals surface area contributed by atoms with Crippen LogP contribution < -0.4 is 9.47 Å². The Balaban J connectivity index is 1.78. The molecule has 3 rings (SSSR count). The maximum absolute atomic E-state index is 9.23. The van der Waals surface area contributed by atoms with Gasteiger partial charge in [0.1, 0.15) is 0 Å². The molecule has 2 aliphatic heterocycles. The van der Waals surface area contributed by atoms with Crippen molar-refractivity contribution in [2.24, 2.45) is 0 Å². The molecule has 96 valence electrons. The van der Waals surface area contributed by atoms with Gasteiger partial charge < -0.3 is 14.6 Å². The number of benzene rings is 1. The molecule has 0 saturated carbocycles. The second-order valence-corrected chi connectivity index (χ2v) is 7.09. The highest BCUT2D eigenvalue weighted by molar-refractivity contribution is 8.23. The second-order valence-electron chi connectivity index (χ2n) is 4.26. The van der Waals surface area contributed by atoms with Crippen molar-refractivity contribution in [1.82, 2.24) is 0 Å². The fraction of sp³-hybridized carbons (Fsp3) is 0.385. The molecule has 0 fully saturated rings. The fourth-order valence-electron chi connectivity index (χ4n) is 2.15. The standard InChI is InChI=1S/C13H14O3S2/c14-4-3-13(17-5-6-18-13)8-10-1-2-11-12(7-10)16-9-15-11/h1-2,5-7,14H,3-4,8-9H2. The molecule has 5 heteroatoms. The maximum Gasteiger partial charge on any atom is 0.231 e. The molecular weight excluding hydrogens is 268 g/mol. The second kappa shape index (κ2) is 5.07. The van der Waals surface area contributed by atoms with Crippen LogP contribution in [-0.4, -0.2) is 22.6 Å². The summed E-state index contributed by atoms with van der Waals surface area (Å²) in [5, 5.41) is 13.4. The van der Waals surface area contributed by atoms with Crippen molar-refractivity contribution in [2.75, 3.05) is 13.4 Å². The Bertz CT molecular complexity index is 465. The summed E-state index contributed by atoms with van der Waals surface area (Å²) in [6, 6.07) is 6.08. The van der Waals surface area contributed by atoms with Crippen molar-refractivity contribution in [1.29, 1.82) is 0 Å². The minimum Gasteiger partial charge on any atom is -0.454 e. The predicted molar refractivity (Wildman–Crippen MR) is 75.0 cm³/mol. The number of fused-ring (bicyclic) bond motifs is 1. The highest BCUT2D eigenvalue weighted by atomic mass is 32.2. The minimum atomic E-state index is 0.0302. The average Bonchev–Trinajstić information content (AvgIpc) is 2.98. The van der Waals surface area contributed by atoms with Gasteiger partial charge in [0.05, 0.1) is 4.08 Å². The third-order valence-corrected chi connectivity index (χ3v) is 5.87. The third kappa shape index (κ3) is 2.35. The van der Waals surface area contributed by atoms with Gasteiger partial charge in [-0.25, -0.2) is 0 Å². The number of hydrogen-bond donors (Lipinski definition) is 1. The lowest BCUT2D eigenvalue weighted by Crippen LogP contribution is -2.22. The number of thioether (sulfide) groups is 2. The Hall–Kier alpha value is -0.780. The summed E-state index contributed by atoms with van der Waals surface area (Å²) in [6.45, 7) is 0.526. The van der Waals surface area contributed by atoms with Gasteiger partial charge in [0.25, 0.3) is 0 Å². The van der Waals surface area contributed by atoms with Crippen molar-refractivity contribution in [3.8, 4) is 11.5 Å². The monoisotopic (exact) mass is 282 g/mol. The molecule has 0 spiro atoms. The van der Waals surface area contributed by atoms with E-state index in [1.807, 2.05) is 12.1 Å². The van der Waals surface area contributed by atoms with Crippen LogP contribution in [0.25, 0.3) is 0 Å². The van der Waals surface area contributed by atoms with Crippen molar-refractivity contribution in [2.45, 2.75) is 16.9 Å². The SMILES string of the molecule is OCCC1(Cc2ccc3c(c2)OCO3)SC=CS1. The molecule has 1 aromatic carbocycles. The zero-order chi connectivity index (χ0) is 12.4. The quantitative estimate of drug-likeness (QED) is 0.919.